The lowest BCUT2D eigenvalue weighted by Gasteiger charge is -2.24. The lowest BCUT2D eigenvalue weighted by atomic mass is 10.0. The number of esters is 2. The molecule has 1 N–H and O–H groups in total. The first-order valence-electron chi connectivity index (χ1n) is 38.8. The standard InChI is InChI=1S/C88H142NO8P/c1-6-8-10-12-14-16-18-20-22-24-26-28-30-32-34-36-38-40-42-43-44-45-47-49-51-53-55-57-59-61-63-65-67-69-71-73-75-77-79-81-88(91)97-86(85-96-98(92,93)95-83-82-89(3,4)5)84-94-87(90)80-78-76-74-72-70-68-66-64-62-60-58-56-54-52-50-48-46-41-39-37-35-33-31-29-27-25-23-21-19-17-15-13-11-9-7-2/h8-11,14-17,20-23,26-29,32-35,38-41,43-44,47,49,53,55,59,61,65,67,86H,6-7,12-13,18-19,24-25,30-31,36-37,42,45-46,48,50-52,54,56-58,60,62-64,66,68-85H2,1-5H3/p+1/b10-8-,11-9-,16-14-,17-15-,22-20-,23-21-,28-26-,29-27-,34-32-,35-33-,40-38-,41-39-,44-43-,49-47-,55-53-,61-59-,67-65-. The van der Waals surface area contributed by atoms with Gasteiger partial charge in [-0.25, -0.2) is 4.57 Å². The summed E-state index contributed by atoms with van der Waals surface area (Å²) in [5.41, 5.74) is 0. The molecule has 0 spiro atoms. The van der Waals surface area contributed by atoms with E-state index in [9.17, 15) is 19.0 Å². The van der Waals surface area contributed by atoms with Crippen molar-refractivity contribution in [3.05, 3.63) is 207 Å². The van der Waals surface area contributed by atoms with Gasteiger partial charge in [0.05, 0.1) is 27.7 Å². The Hall–Kier alpha value is -5.41. The number of carbonyl (C=O) groups excluding carboxylic acids is 2. The molecule has 2 unspecified atom stereocenters. The van der Waals surface area contributed by atoms with Crippen molar-refractivity contribution in [2.45, 2.75) is 290 Å². The van der Waals surface area contributed by atoms with Crippen LogP contribution < -0.4 is 0 Å². The molecule has 0 aromatic heterocycles. The molecule has 2 atom stereocenters. The number of allylic oxidation sites excluding steroid dienone is 34. The number of likely N-dealkylation sites (N-methyl/N-ethyl adjacent to an activating group) is 1. The quantitative estimate of drug-likeness (QED) is 0.0211. The summed E-state index contributed by atoms with van der Waals surface area (Å²) in [5.74, 6) is -0.828. The minimum absolute atomic E-state index is 0.0178. The Kier molecular flexibility index (Phi) is 71.6. The molecule has 0 aliphatic rings. The molecule has 9 nitrogen and oxygen atoms in total. The molecule has 0 radical (unpaired) electrons. The highest BCUT2D eigenvalue weighted by Crippen LogP contribution is 2.43. The number of phosphoric ester groups is 1. The van der Waals surface area contributed by atoms with Gasteiger partial charge in [-0.3, -0.25) is 18.6 Å². The number of hydrogen-bond acceptors (Lipinski definition) is 7. The van der Waals surface area contributed by atoms with E-state index in [1.165, 1.54) is 89.9 Å². The Morgan fingerprint density at radius 2 is 0.551 bits per heavy atom. The fraction of sp³-hybridized carbons (Fsp3) is 0.591. The van der Waals surface area contributed by atoms with Crippen molar-refractivity contribution in [1.82, 2.24) is 0 Å². The van der Waals surface area contributed by atoms with Crippen molar-refractivity contribution < 1.29 is 42.1 Å². The summed E-state index contributed by atoms with van der Waals surface area (Å²) in [7, 11) is 1.44. The molecule has 0 amide bonds. The SMILES string of the molecule is CC/C=C\C/C=C\C/C=C\C/C=C\C/C=C\C/C=C\C/C=C\C/C=C\C/C=C\C/C=C\C/C=C\CCCCCCCC(=O)OC(COC(=O)CCCCCCCCCCCCCCCCCC/C=C\C/C=C\C/C=C\C/C=C\C/C=C\C/C=C\CC)COP(=O)(O)OCC[N+](C)(C)C. The maximum atomic E-state index is 12.9. The van der Waals surface area contributed by atoms with E-state index < -0.39 is 26.5 Å². The molecular weight excluding hydrogens is 1230 g/mol. The van der Waals surface area contributed by atoms with E-state index in [0.717, 1.165) is 161 Å². The second-order valence-corrected chi connectivity index (χ2v) is 27.7. The number of hydrogen-bond donors (Lipinski definition) is 1. The van der Waals surface area contributed by atoms with Gasteiger partial charge in [0.25, 0.3) is 0 Å². The van der Waals surface area contributed by atoms with E-state index in [-0.39, 0.29) is 32.0 Å². The van der Waals surface area contributed by atoms with Crippen LogP contribution in [0, 0.1) is 0 Å². The first kappa shape index (κ1) is 92.6. The van der Waals surface area contributed by atoms with Crippen LogP contribution in [0.4, 0.5) is 0 Å². The molecule has 0 aromatic carbocycles. The van der Waals surface area contributed by atoms with E-state index in [0.29, 0.717) is 17.4 Å². The van der Waals surface area contributed by atoms with E-state index in [1.54, 1.807) is 0 Å². The number of carbonyl (C=O) groups is 2. The van der Waals surface area contributed by atoms with Gasteiger partial charge < -0.3 is 18.9 Å². The van der Waals surface area contributed by atoms with E-state index in [4.69, 9.17) is 18.5 Å². The van der Waals surface area contributed by atoms with Crippen LogP contribution in [0.1, 0.15) is 284 Å². The number of quaternary nitrogens is 1. The Balaban J connectivity index is 4.12. The Morgan fingerprint density at radius 3 is 0.816 bits per heavy atom. The fourth-order valence-electron chi connectivity index (χ4n) is 9.97. The van der Waals surface area contributed by atoms with Crippen LogP contribution >= 0.6 is 7.82 Å². The van der Waals surface area contributed by atoms with Crippen LogP contribution in [0.2, 0.25) is 0 Å². The Labute approximate surface area is 602 Å². The highest BCUT2D eigenvalue weighted by Gasteiger charge is 2.27. The van der Waals surface area contributed by atoms with Crippen LogP contribution in [0.25, 0.3) is 0 Å². The molecule has 0 rings (SSSR count). The van der Waals surface area contributed by atoms with Crippen LogP contribution in [-0.2, 0) is 32.7 Å². The van der Waals surface area contributed by atoms with Gasteiger partial charge in [0.2, 0.25) is 0 Å². The average Bonchev–Trinajstić information content (AvgIpc) is 1.23. The highest BCUT2D eigenvalue weighted by atomic mass is 31.2. The number of rotatable bonds is 69. The van der Waals surface area contributed by atoms with Gasteiger partial charge >= 0.3 is 19.8 Å². The zero-order chi connectivity index (χ0) is 71.1. The van der Waals surface area contributed by atoms with Crippen LogP contribution in [0.15, 0.2) is 207 Å². The minimum Gasteiger partial charge on any atom is -0.462 e. The molecule has 0 bridgehead atoms. The van der Waals surface area contributed by atoms with E-state index in [1.807, 2.05) is 21.1 Å². The maximum absolute atomic E-state index is 12.9. The normalized spacial score (nSPS) is 14.2. The predicted molar refractivity (Wildman–Crippen MR) is 426 cm³/mol. The molecule has 0 aromatic rings. The summed E-state index contributed by atoms with van der Waals surface area (Å²) in [4.78, 5) is 36.0. The van der Waals surface area contributed by atoms with Crippen molar-refractivity contribution in [3.8, 4) is 0 Å². The van der Waals surface area contributed by atoms with Gasteiger partial charge in [-0.1, -0.05) is 330 Å². The number of nitrogens with zero attached hydrogens (tertiary/aromatic N) is 1. The Morgan fingerprint density at radius 1 is 0.316 bits per heavy atom. The van der Waals surface area contributed by atoms with Crippen LogP contribution in [0.5, 0.6) is 0 Å². The number of ether oxygens (including phenoxy) is 2. The van der Waals surface area contributed by atoms with Crippen molar-refractivity contribution in [3.63, 3.8) is 0 Å². The summed E-state index contributed by atoms with van der Waals surface area (Å²) in [5, 5.41) is 0. The smallest absolute Gasteiger partial charge is 0.462 e. The molecule has 0 saturated carbocycles. The zero-order valence-corrected chi connectivity index (χ0v) is 63.8. The summed E-state index contributed by atoms with van der Waals surface area (Å²) >= 11 is 0. The van der Waals surface area contributed by atoms with Gasteiger partial charge in [-0.2, -0.15) is 0 Å². The molecule has 0 aliphatic heterocycles. The molecule has 98 heavy (non-hydrogen) atoms. The molecular formula is C88H143NO8P+. The second-order valence-electron chi connectivity index (χ2n) is 26.3. The molecule has 10 heteroatoms. The largest absolute Gasteiger partial charge is 0.472 e. The molecule has 0 fully saturated rings. The molecule has 552 valence electrons. The van der Waals surface area contributed by atoms with Crippen molar-refractivity contribution >= 4 is 19.8 Å². The molecule has 0 saturated heterocycles. The van der Waals surface area contributed by atoms with Crippen LogP contribution in [0.3, 0.4) is 0 Å². The van der Waals surface area contributed by atoms with Crippen LogP contribution in [-0.4, -0.2) is 74.9 Å². The summed E-state index contributed by atoms with van der Waals surface area (Å²) in [6.07, 6.45) is 119. The lowest BCUT2D eigenvalue weighted by molar-refractivity contribution is -0.870. The average molecular weight is 1370 g/mol. The van der Waals surface area contributed by atoms with E-state index >= 15 is 0 Å². The van der Waals surface area contributed by atoms with Crippen molar-refractivity contribution in [2.24, 2.45) is 0 Å². The van der Waals surface area contributed by atoms with Gasteiger partial charge in [0.15, 0.2) is 6.10 Å². The predicted octanol–water partition coefficient (Wildman–Crippen LogP) is 26.2. The third-order valence-corrected chi connectivity index (χ3v) is 16.8. The van der Waals surface area contributed by atoms with Crippen molar-refractivity contribution in [2.75, 3.05) is 47.5 Å². The summed E-state index contributed by atoms with van der Waals surface area (Å²) < 4.78 is 34.8. The maximum Gasteiger partial charge on any atom is 0.472 e. The second kappa shape index (κ2) is 75.8. The lowest BCUT2D eigenvalue weighted by Crippen LogP contribution is -2.37. The highest BCUT2D eigenvalue weighted by molar-refractivity contribution is 7.47. The first-order chi connectivity index (χ1) is 48.0. The summed E-state index contributed by atoms with van der Waals surface area (Å²) in [6.45, 7) is 4.17. The zero-order valence-electron chi connectivity index (χ0n) is 62.9. The van der Waals surface area contributed by atoms with Gasteiger partial charge in [0, 0.05) is 12.8 Å². The molecule has 0 heterocycles. The fourth-order valence-corrected chi connectivity index (χ4v) is 10.7. The number of unbranched alkanes of at least 4 members (excludes halogenated alkanes) is 21. The van der Waals surface area contributed by atoms with Gasteiger partial charge in [-0.05, 0) is 148 Å². The third kappa shape index (κ3) is 79.6. The Bertz CT molecular complexity index is 2410. The van der Waals surface area contributed by atoms with Gasteiger partial charge in [0.1, 0.15) is 19.8 Å². The topological polar surface area (TPSA) is 108 Å². The monoisotopic (exact) mass is 1370 g/mol. The van der Waals surface area contributed by atoms with E-state index in [2.05, 4.69) is 220 Å². The number of phosphoric acid groups is 1. The third-order valence-electron chi connectivity index (χ3n) is 15.8. The van der Waals surface area contributed by atoms with Crippen molar-refractivity contribution in [1.29, 1.82) is 0 Å². The minimum atomic E-state index is -4.42. The molecule has 0 aliphatic carbocycles. The first-order valence-corrected chi connectivity index (χ1v) is 40.3. The summed E-state index contributed by atoms with van der Waals surface area (Å²) in [6, 6.07) is 0. The van der Waals surface area contributed by atoms with Gasteiger partial charge in [-0.15, -0.1) is 0 Å².